The molecule has 2 nitrogen and oxygen atoms in total. The van der Waals surface area contributed by atoms with Gasteiger partial charge in [0.25, 0.3) is 0 Å². The van der Waals surface area contributed by atoms with Crippen LogP contribution in [-0.4, -0.2) is 6.21 Å². The van der Waals surface area contributed by atoms with Crippen molar-refractivity contribution in [2.24, 2.45) is 5.10 Å². The molecule has 0 atom stereocenters. The molecule has 0 aliphatic rings. The molecule has 0 saturated heterocycles. The minimum atomic E-state index is 0.986. The van der Waals surface area contributed by atoms with E-state index >= 15 is 0 Å². The normalized spacial score (nSPS) is 11.3. The number of nitrogens with one attached hydrogen (secondary N) is 1. The molecule has 0 saturated carbocycles. The van der Waals surface area contributed by atoms with Crippen LogP contribution in [0.2, 0.25) is 0 Å². The summed E-state index contributed by atoms with van der Waals surface area (Å²) in [6.45, 7) is 0. The van der Waals surface area contributed by atoms with Gasteiger partial charge in [-0.2, -0.15) is 5.10 Å². The Morgan fingerprint density at radius 3 is 2.30 bits per heavy atom. The maximum atomic E-state index is 4.39. The Kier molecular flexibility index (Phi) is 3.49. The summed E-state index contributed by atoms with van der Waals surface area (Å²) in [6, 6.07) is 29.1. The fraction of sp³-hybridized carbons (Fsp3) is 0. The molecule has 0 amide bonds. The molecule has 4 aromatic carbocycles. The lowest BCUT2D eigenvalue weighted by Crippen LogP contribution is -1.91. The maximum absolute atomic E-state index is 4.39. The minimum Gasteiger partial charge on any atom is -0.278 e. The van der Waals surface area contributed by atoms with Crippen molar-refractivity contribution >= 4 is 33.4 Å². The zero-order valence-corrected chi connectivity index (χ0v) is 12.6. The summed E-state index contributed by atoms with van der Waals surface area (Å²) in [5, 5.41) is 9.26. The first-order chi connectivity index (χ1) is 11.4. The van der Waals surface area contributed by atoms with Crippen molar-refractivity contribution in [2.75, 3.05) is 5.43 Å². The van der Waals surface area contributed by atoms with Crippen molar-refractivity contribution < 1.29 is 0 Å². The van der Waals surface area contributed by atoms with Crippen LogP contribution >= 0.6 is 0 Å². The molecular weight excluding hydrogens is 280 g/mol. The molecule has 0 aromatic heterocycles. The first-order valence-corrected chi connectivity index (χ1v) is 7.66. The van der Waals surface area contributed by atoms with E-state index in [4.69, 9.17) is 0 Å². The SMILES string of the molecule is C(=NNc1ccc2ccccc2c1)c1cccc2ccccc12. The number of fused-ring (bicyclic) bond motifs is 2. The fourth-order valence-corrected chi connectivity index (χ4v) is 2.80. The van der Waals surface area contributed by atoms with E-state index in [0.717, 1.165) is 11.3 Å². The van der Waals surface area contributed by atoms with Crippen molar-refractivity contribution in [3.8, 4) is 0 Å². The van der Waals surface area contributed by atoms with Gasteiger partial charge in [0.05, 0.1) is 11.9 Å². The molecule has 0 bridgehead atoms. The van der Waals surface area contributed by atoms with Crippen molar-refractivity contribution in [1.82, 2.24) is 0 Å². The highest BCUT2D eigenvalue weighted by Gasteiger charge is 1.97. The average molecular weight is 296 g/mol. The third-order valence-corrected chi connectivity index (χ3v) is 3.97. The van der Waals surface area contributed by atoms with Crippen LogP contribution in [-0.2, 0) is 0 Å². The fourth-order valence-electron chi connectivity index (χ4n) is 2.80. The van der Waals surface area contributed by atoms with E-state index < -0.39 is 0 Å². The van der Waals surface area contributed by atoms with Crippen LogP contribution in [0.4, 0.5) is 5.69 Å². The van der Waals surface area contributed by atoms with Crippen molar-refractivity contribution in [2.45, 2.75) is 0 Å². The molecule has 0 radical (unpaired) electrons. The molecule has 23 heavy (non-hydrogen) atoms. The number of rotatable bonds is 3. The number of benzene rings is 4. The van der Waals surface area contributed by atoms with Crippen LogP contribution in [0.25, 0.3) is 21.5 Å². The summed E-state index contributed by atoms with van der Waals surface area (Å²) in [4.78, 5) is 0. The van der Waals surface area contributed by atoms with Crippen LogP contribution in [0.3, 0.4) is 0 Å². The summed E-state index contributed by atoms with van der Waals surface area (Å²) >= 11 is 0. The predicted molar refractivity (Wildman–Crippen MR) is 99.1 cm³/mol. The van der Waals surface area contributed by atoms with E-state index in [1.807, 2.05) is 24.4 Å². The third-order valence-electron chi connectivity index (χ3n) is 3.97. The molecule has 4 aromatic rings. The van der Waals surface area contributed by atoms with Crippen molar-refractivity contribution in [1.29, 1.82) is 0 Å². The summed E-state index contributed by atoms with van der Waals surface area (Å²) in [5.41, 5.74) is 5.21. The van der Waals surface area contributed by atoms with Gasteiger partial charge in [-0.15, -0.1) is 0 Å². The minimum absolute atomic E-state index is 0.986. The number of nitrogens with zero attached hydrogens (tertiary/aromatic N) is 1. The summed E-state index contributed by atoms with van der Waals surface area (Å²) < 4.78 is 0. The van der Waals surface area contributed by atoms with Crippen LogP contribution in [0.15, 0.2) is 90.0 Å². The summed E-state index contributed by atoms with van der Waals surface area (Å²) in [5.74, 6) is 0. The topological polar surface area (TPSA) is 24.4 Å². The molecule has 0 fully saturated rings. The molecule has 2 heteroatoms. The molecule has 1 N–H and O–H groups in total. The Balaban J connectivity index is 1.60. The van der Waals surface area contributed by atoms with Gasteiger partial charge in [-0.05, 0) is 33.7 Å². The van der Waals surface area contributed by atoms with E-state index in [1.165, 1.54) is 21.5 Å². The lowest BCUT2D eigenvalue weighted by molar-refractivity contribution is 1.36. The molecule has 0 heterocycles. The van der Waals surface area contributed by atoms with Gasteiger partial charge in [-0.1, -0.05) is 72.8 Å². The van der Waals surface area contributed by atoms with Crippen LogP contribution in [0.1, 0.15) is 5.56 Å². The highest BCUT2D eigenvalue weighted by atomic mass is 15.3. The number of hydrazone groups is 1. The number of hydrogen-bond acceptors (Lipinski definition) is 2. The zero-order chi connectivity index (χ0) is 15.5. The van der Waals surface area contributed by atoms with Gasteiger partial charge in [0.15, 0.2) is 0 Å². The Hall–Kier alpha value is -3.13. The molecule has 0 aliphatic heterocycles. The smallest absolute Gasteiger partial charge is 0.0568 e. The highest BCUT2D eigenvalue weighted by molar-refractivity contribution is 5.99. The van der Waals surface area contributed by atoms with E-state index in [9.17, 15) is 0 Å². The lowest BCUT2D eigenvalue weighted by atomic mass is 10.1. The zero-order valence-electron chi connectivity index (χ0n) is 12.6. The number of hydrogen-bond donors (Lipinski definition) is 1. The first-order valence-electron chi connectivity index (χ1n) is 7.66. The third kappa shape index (κ3) is 2.79. The molecule has 4 rings (SSSR count). The quantitative estimate of drug-likeness (QED) is 0.395. The van der Waals surface area contributed by atoms with Crippen molar-refractivity contribution in [3.05, 3.63) is 90.5 Å². The molecule has 0 aliphatic carbocycles. The molecule has 0 unspecified atom stereocenters. The largest absolute Gasteiger partial charge is 0.278 e. The summed E-state index contributed by atoms with van der Waals surface area (Å²) in [7, 11) is 0. The molecule has 0 spiro atoms. The van der Waals surface area contributed by atoms with Crippen LogP contribution in [0, 0.1) is 0 Å². The second kappa shape index (κ2) is 5.93. The standard InChI is InChI=1S/C21H16N2/c1-2-8-18-14-20(13-12-16(18)6-1)23-22-15-19-10-5-9-17-7-3-4-11-21(17)19/h1-15,23H. The Morgan fingerprint density at radius 1 is 0.652 bits per heavy atom. The van der Waals surface area contributed by atoms with Crippen LogP contribution in [0.5, 0.6) is 0 Å². The van der Waals surface area contributed by atoms with Gasteiger partial charge in [0.2, 0.25) is 0 Å². The average Bonchev–Trinajstić information content (AvgIpc) is 2.62. The molecular formula is C21H16N2. The van der Waals surface area contributed by atoms with Gasteiger partial charge in [-0.3, -0.25) is 5.43 Å². The van der Waals surface area contributed by atoms with E-state index in [1.54, 1.807) is 0 Å². The van der Waals surface area contributed by atoms with E-state index in [0.29, 0.717) is 0 Å². The Labute approximate surface area is 135 Å². The summed E-state index contributed by atoms with van der Waals surface area (Å²) in [6.07, 6.45) is 1.87. The Bertz CT molecular complexity index is 997. The van der Waals surface area contributed by atoms with Gasteiger partial charge in [0, 0.05) is 5.56 Å². The Morgan fingerprint density at radius 2 is 1.39 bits per heavy atom. The van der Waals surface area contributed by atoms with Crippen LogP contribution < -0.4 is 5.43 Å². The first kappa shape index (κ1) is 13.5. The number of anilines is 1. The van der Waals surface area contributed by atoms with E-state index in [2.05, 4.69) is 77.3 Å². The second-order valence-electron chi connectivity index (χ2n) is 5.50. The van der Waals surface area contributed by atoms with Gasteiger partial charge in [-0.25, -0.2) is 0 Å². The van der Waals surface area contributed by atoms with Gasteiger partial charge < -0.3 is 0 Å². The second-order valence-corrected chi connectivity index (χ2v) is 5.50. The molecule has 110 valence electrons. The lowest BCUT2D eigenvalue weighted by Gasteiger charge is -2.04. The monoisotopic (exact) mass is 296 g/mol. The van der Waals surface area contributed by atoms with Gasteiger partial charge >= 0.3 is 0 Å². The van der Waals surface area contributed by atoms with E-state index in [-0.39, 0.29) is 0 Å². The van der Waals surface area contributed by atoms with Crippen molar-refractivity contribution in [3.63, 3.8) is 0 Å². The highest BCUT2D eigenvalue weighted by Crippen LogP contribution is 2.19. The maximum Gasteiger partial charge on any atom is 0.0568 e. The van der Waals surface area contributed by atoms with Gasteiger partial charge in [0.1, 0.15) is 0 Å². The predicted octanol–water partition coefficient (Wildman–Crippen LogP) is 5.44.